The van der Waals surface area contributed by atoms with E-state index in [1.54, 1.807) is 18.2 Å². The fourth-order valence-electron chi connectivity index (χ4n) is 1.82. The van der Waals surface area contributed by atoms with Gasteiger partial charge in [0.2, 0.25) is 0 Å². The molecular formula is C18H16Cl2N4O2. The van der Waals surface area contributed by atoms with Crippen LogP contribution in [0.25, 0.3) is 6.08 Å². The Morgan fingerprint density at radius 3 is 2.54 bits per heavy atom. The lowest BCUT2D eigenvalue weighted by atomic mass is 10.2. The SMILES string of the molecule is O=C(CNC(=O)Nc1ccc(Cl)c(Cl)c1)NN=CC=Cc1ccccc1. The maximum absolute atomic E-state index is 11.7. The van der Waals surface area contributed by atoms with Gasteiger partial charge in [0, 0.05) is 11.9 Å². The number of allylic oxidation sites excluding steroid dienone is 1. The molecule has 0 unspecified atom stereocenters. The lowest BCUT2D eigenvalue weighted by Gasteiger charge is -2.07. The second-order valence-electron chi connectivity index (χ2n) is 5.02. The molecule has 6 nitrogen and oxygen atoms in total. The summed E-state index contributed by atoms with van der Waals surface area (Å²) in [5.74, 6) is -0.460. The minimum atomic E-state index is -0.550. The van der Waals surface area contributed by atoms with Gasteiger partial charge in [0.25, 0.3) is 5.91 Å². The van der Waals surface area contributed by atoms with Gasteiger partial charge >= 0.3 is 6.03 Å². The first-order chi connectivity index (χ1) is 12.5. The molecule has 0 atom stereocenters. The van der Waals surface area contributed by atoms with Crippen LogP contribution in [0.1, 0.15) is 5.56 Å². The summed E-state index contributed by atoms with van der Waals surface area (Å²) in [6.45, 7) is -0.229. The number of benzene rings is 2. The molecule has 2 aromatic carbocycles. The summed E-state index contributed by atoms with van der Waals surface area (Å²) in [4.78, 5) is 23.3. The molecule has 2 aromatic rings. The van der Waals surface area contributed by atoms with Crippen molar-refractivity contribution in [2.24, 2.45) is 5.10 Å². The highest BCUT2D eigenvalue weighted by Crippen LogP contribution is 2.24. The number of urea groups is 1. The van der Waals surface area contributed by atoms with Gasteiger partial charge in [0.15, 0.2) is 0 Å². The van der Waals surface area contributed by atoms with E-state index >= 15 is 0 Å². The van der Waals surface area contributed by atoms with Crippen LogP contribution in [0.2, 0.25) is 10.0 Å². The van der Waals surface area contributed by atoms with Gasteiger partial charge in [0.05, 0.1) is 10.0 Å². The number of hydrazone groups is 1. The Bertz CT molecular complexity index is 823. The molecule has 0 aliphatic rings. The molecule has 2 rings (SSSR count). The maximum atomic E-state index is 11.7. The first-order valence-corrected chi connectivity index (χ1v) is 8.34. The molecule has 0 aliphatic heterocycles. The van der Waals surface area contributed by atoms with Crippen LogP contribution in [0, 0.1) is 0 Å². The molecule has 0 aromatic heterocycles. The van der Waals surface area contributed by atoms with Gasteiger partial charge in [-0.3, -0.25) is 4.79 Å². The molecule has 8 heteroatoms. The van der Waals surface area contributed by atoms with E-state index in [4.69, 9.17) is 23.2 Å². The van der Waals surface area contributed by atoms with E-state index in [-0.39, 0.29) is 6.54 Å². The van der Waals surface area contributed by atoms with Crippen LogP contribution >= 0.6 is 23.2 Å². The Balaban J connectivity index is 1.69. The smallest absolute Gasteiger partial charge is 0.319 e. The molecule has 3 N–H and O–H groups in total. The number of hydrogen-bond acceptors (Lipinski definition) is 3. The number of hydrogen-bond donors (Lipinski definition) is 3. The fourth-order valence-corrected chi connectivity index (χ4v) is 2.12. The van der Waals surface area contributed by atoms with Crippen molar-refractivity contribution < 1.29 is 9.59 Å². The number of halogens is 2. The summed E-state index contributed by atoms with van der Waals surface area (Å²) in [5.41, 5.74) is 3.78. The third-order valence-corrected chi connectivity index (χ3v) is 3.76. The van der Waals surface area contributed by atoms with E-state index in [1.165, 1.54) is 12.3 Å². The summed E-state index contributed by atoms with van der Waals surface area (Å²) in [6.07, 6.45) is 4.99. The molecule has 0 heterocycles. The molecule has 0 radical (unpaired) electrons. The quantitative estimate of drug-likeness (QED) is 0.515. The van der Waals surface area contributed by atoms with E-state index in [1.807, 2.05) is 36.4 Å². The molecular weight excluding hydrogens is 375 g/mol. The fraction of sp³-hybridized carbons (Fsp3) is 0.0556. The van der Waals surface area contributed by atoms with Gasteiger partial charge in [-0.15, -0.1) is 0 Å². The third-order valence-electron chi connectivity index (χ3n) is 3.03. The van der Waals surface area contributed by atoms with Crippen LogP contribution in [0.15, 0.2) is 59.7 Å². The second kappa shape index (κ2) is 10.2. The van der Waals surface area contributed by atoms with E-state index in [2.05, 4.69) is 21.2 Å². The lowest BCUT2D eigenvalue weighted by Crippen LogP contribution is -2.37. The number of carbonyl (C=O) groups excluding carboxylic acids is 2. The monoisotopic (exact) mass is 390 g/mol. The van der Waals surface area contributed by atoms with Gasteiger partial charge in [-0.2, -0.15) is 5.10 Å². The minimum Gasteiger partial charge on any atom is -0.329 e. The van der Waals surface area contributed by atoms with Gasteiger partial charge in [-0.05, 0) is 29.8 Å². The number of nitrogens with zero attached hydrogens (tertiary/aromatic N) is 1. The summed E-state index contributed by atoms with van der Waals surface area (Å²) >= 11 is 11.7. The number of nitrogens with one attached hydrogen (secondary N) is 3. The largest absolute Gasteiger partial charge is 0.329 e. The van der Waals surface area contributed by atoms with Crippen LogP contribution in [-0.2, 0) is 4.79 Å². The molecule has 0 saturated carbocycles. The average molecular weight is 391 g/mol. The topological polar surface area (TPSA) is 82.6 Å². The van der Waals surface area contributed by atoms with Crippen molar-refractivity contribution in [3.8, 4) is 0 Å². The summed E-state index contributed by atoms with van der Waals surface area (Å²) < 4.78 is 0. The zero-order valence-corrected chi connectivity index (χ0v) is 15.1. The first-order valence-electron chi connectivity index (χ1n) is 7.58. The Hall–Kier alpha value is -2.83. The summed E-state index contributed by atoms with van der Waals surface area (Å²) in [7, 11) is 0. The Morgan fingerprint density at radius 1 is 1.04 bits per heavy atom. The average Bonchev–Trinajstić information content (AvgIpc) is 2.64. The van der Waals surface area contributed by atoms with Gasteiger partial charge in [0.1, 0.15) is 6.54 Å². The van der Waals surface area contributed by atoms with Gasteiger partial charge in [-0.25, -0.2) is 10.2 Å². The van der Waals surface area contributed by atoms with Crippen molar-refractivity contribution in [1.82, 2.24) is 10.7 Å². The zero-order valence-electron chi connectivity index (χ0n) is 13.6. The van der Waals surface area contributed by atoms with Gasteiger partial charge in [-0.1, -0.05) is 59.6 Å². The predicted octanol–water partition coefficient (Wildman–Crippen LogP) is 3.93. The molecule has 26 heavy (non-hydrogen) atoms. The number of anilines is 1. The lowest BCUT2D eigenvalue weighted by molar-refractivity contribution is -0.120. The number of carbonyl (C=O) groups is 2. The highest BCUT2D eigenvalue weighted by Gasteiger charge is 2.06. The van der Waals surface area contributed by atoms with Crippen LogP contribution in [-0.4, -0.2) is 24.7 Å². The number of amides is 3. The molecule has 3 amide bonds. The zero-order chi connectivity index (χ0) is 18.8. The van der Waals surface area contributed by atoms with Crippen LogP contribution < -0.4 is 16.1 Å². The normalized spacial score (nSPS) is 10.8. The summed E-state index contributed by atoms with van der Waals surface area (Å²) in [5, 5.41) is 9.40. The number of rotatable bonds is 6. The second-order valence-corrected chi connectivity index (χ2v) is 5.83. The molecule has 0 spiro atoms. The van der Waals surface area contributed by atoms with Crippen LogP contribution in [0.3, 0.4) is 0 Å². The minimum absolute atomic E-state index is 0.229. The van der Waals surface area contributed by atoms with E-state index in [9.17, 15) is 9.59 Å². The van der Waals surface area contributed by atoms with E-state index in [0.29, 0.717) is 15.7 Å². The van der Waals surface area contributed by atoms with Crippen molar-refractivity contribution in [2.45, 2.75) is 0 Å². The molecule has 0 bridgehead atoms. The Labute approximate surface area is 160 Å². The van der Waals surface area contributed by atoms with Crippen LogP contribution in [0.4, 0.5) is 10.5 Å². The van der Waals surface area contributed by atoms with Gasteiger partial charge < -0.3 is 10.6 Å². The van der Waals surface area contributed by atoms with E-state index in [0.717, 1.165) is 5.56 Å². The van der Waals surface area contributed by atoms with Crippen molar-refractivity contribution in [3.63, 3.8) is 0 Å². The standard InChI is InChI=1S/C18H16Cl2N4O2/c19-15-9-8-14(11-16(15)20)23-18(26)21-12-17(25)24-22-10-4-7-13-5-2-1-3-6-13/h1-11H,12H2,(H,24,25)(H2,21,23,26). The molecule has 0 fully saturated rings. The first kappa shape index (κ1) is 19.5. The highest BCUT2D eigenvalue weighted by molar-refractivity contribution is 6.42. The van der Waals surface area contributed by atoms with Crippen molar-refractivity contribution >= 4 is 53.1 Å². The Morgan fingerprint density at radius 2 is 1.81 bits per heavy atom. The maximum Gasteiger partial charge on any atom is 0.319 e. The predicted molar refractivity (Wildman–Crippen MR) is 106 cm³/mol. The molecule has 0 aliphatic carbocycles. The van der Waals surface area contributed by atoms with Crippen molar-refractivity contribution in [3.05, 3.63) is 70.2 Å². The Kier molecular flexibility index (Phi) is 7.67. The van der Waals surface area contributed by atoms with E-state index < -0.39 is 11.9 Å². The third kappa shape index (κ3) is 6.96. The molecule has 0 saturated heterocycles. The van der Waals surface area contributed by atoms with Crippen molar-refractivity contribution in [2.75, 3.05) is 11.9 Å². The molecule has 134 valence electrons. The van der Waals surface area contributed by atoms with Crippen molar-refractivity contribution in [1.29, 1.82) is 0 Å². The highest BCUT2D eigenvalue weighted by atomic mass is 35.5. The van der Waals surface area contributed by atoms with Crippen LogP contribution in [0.5, 0.6) is 0 Å². The summed E-state index contributed by atoms with van der Waals surface area (Å²) in [6, 6.07) is 13.8.